The van der Waals surface area contributed by atoms with Crippen LogP contribution in [0.15, 0.2) is 0 Å². The summed E-state index contributed by atoms with van der Waals surface area (Å²) in [5.74, 6) is 0. The minimum absolute atomic E-state index is 0.985. The maximum absolute atomic E-state index is 11.5. The highest BCUT2D eigenvalue weighted by Gasteiger charge is 2.56. The summed E-state index contributed by atoms with van der Waals surface area (Å²) in [4.78, 5) is 0. The van der Waals surface area contributed by atoms with Crippen LogP contribution in [0.25, 0.3) is 0 Å². The van der Waals surface area contributed by atoms with E-state index in [1.54, 1.807) is 0 Å². The monoisotopic (exact) mass is 1000 g/mol. The van der Waals surface area contributed by atoms with E-state index < -0.39 is 191 Å². The molecule has 0 spiro atoms. The van der Waals surface area contributed by atoms with Gasteiger partial charge in [0, 0.05) is 7.11 Å². The van der Waals surface area contributed by atoms with E-state index in [1.165, 1.54) is 0 Å². The quantitative estimate of drug-likeness (QED) is 0.0534. The summed E-state index contributed by atoms with van der Waals surface area (Å²) in [6.07, 6.45) is -43.6. The molecular formula is C25H44O33S4. The van der Waals surface area contributed by atoms with E-state index in [9.17, 15) is 88.7 Å². The van der Waals surface area contributed by atoms with Crippen molar-refractivity contribution in [2.24, 2.45) is 0 Å². The molecule has 4 heterocycles. The molecule has 33 nitrogen and oxygen atoms in total. The number of ether oxygens (including phenoxy) is 8. The van der Waals surface area contributed by atoms with Crippen molar-refractivity contribution in [2.45, 2.75) is 123 Å². The van der Waals surface area contributed by atoms with Crippen LogP contribution in [0.2, 0.25) is 0 Å². The summed E-state index contributed by atoms with van der Waals surface area (Å²) in [6.45, 7) is -5.11. The van der Waals surface area contributed by atoms with Crippen LogP contribution in [0.4, 0.5) is 0 Å². The first kappa shape index (κ1) is 53.4. The lowest BCUT2D eigenvalue weighted by Gasteiger charge is -2.49. The van der Waals surface area contributed by atoms with E-state index in [0.29, 0.717) is 0 Å². The summed E-state index contributed by atoms with van der Waals surface area (Å²) < 4.78 is 187. The molecule has 4 aliphatic rings. The number of aliphatic hydroxyl groups excluding tert-OH is 9. The lowest BCUT2D eigenvalue weighted by Crippen LogP contribution is -2.67. The van der Waals surface area contributed by atoms with Crippen molar-refractivity contribution in [1.29, 1.82) is 0 Å². The Hall–Kier alpha value is -1.20. The van der Waals surface area contributed by atoms with Crippen molar-refractivity contribution >= 4 is 41.6 Å². The lowest BCUT2D eigenvalue weighted by molar-refractivity contribution is -0.387. The van der Waals surface area contributed by atoms with Gasteiger partial charge in [-0.2, -0.15) is 33.7 Å². The van der Waals surface area contributed by atoms with E-state index >= 15 is 0 Å². The van der Waals surface area contributed by atoms with E-state index in [-0.39, 0.29) is 0 Å². The zero-order valence-corrected chi connectivity index (χ0v) is 34.3. The molecule has 0 amide bonds. The molecule has 0 bridgehead atoms. The molecule has 0 radical (unpaired) electrons. The Labute approximate surface area is 349 Å². The molecule has 4 rings (SSSR count). The highest BCUT2D eigenvalue weighted by Crippen LogP contribution is 2.35. The van der Waals surface area contributed by atoms with Gasteiger partial charge in [-0.1, -0.05) is 0 Å². The maximum Gasteiger partial charge on any atom is 0.397 e. The fourth-order valence-electron chi connectivity index (χ4n) is 6.38. The maximum atomic E-state index is 11.5. The SMILES string of the molecule is COC1C(COS(=O)(=O)O)OC(OC2C(COS(=O)(=O)O)OC(OC3C(COS(=O)(=O)O)OC(OC4C(COS(=O)(=O)O)OC(O)C(O)C4O)C(O)C3O)C(O)C2O)C(O)C1O. The van der Waals surface area contributed by atoms with Crippen molar-refractivity contribution in [2.75, 3.05) is 33.5 Å². The fourth-order valence-corrected chi connectivity index (χ4v) is 7.61. The molecule has 4 aliphatic heterocycles. The first-order valence-corrected chi connectivity index (χ1v) is 22.6. The van der Waals surface area contributed by atoms with Crippen LogP contribution in [-0.4, -0.2) is 254 Å². The molecule has 4 fully saturated rings. The molecule has 0 aromatic carbocycles. The van der Waals surface area contributed by atoms with Gasteiger partial charge in [0.2, 0.25) is 0 Å². The predicted molar refractivity (Wildman–Crippen MR) is 180 cm³/mol. The van der Waals surface area contributed by atoms with Crippen LogP contribution in [-0.2, 0) is 96.2 Å². The Balaban J connectivity index is 1.60. The molecule has 0 saturated carbocycles. The van der Waals surface area contributed by atoms with Gasteiger partial charge in [0.15, 0.2) is 25.2 Å². The summed E-state index contributed by atoms with van der Waals surface area (Å²) in [7, 11) is -20.1. The van der Waals surface area contributed by atoms with E-state index in [2.05, 4.69) is 16.7 Å². The van der Waals surface area contributed by atoms with Crippen LogP contribution < -0.4 is 0 Å². The van der Waals surface area contributed by atoms with Crippen LogP contribution in [0, 0.1) is 0 Å². The molecule has 0 aromatic rings. The normalized spacial score (nSPS) is 42.7. The van der Waals surface area contributed by atoms with Crippen LogP contribution >= 0.6 is 0 Å². The number of aliphatic hydroxyl groups is 9. The Bertz CT molecular complexity index is 1900. The van der Waals surface area contributed by atoms with Gasteiger partial charge < -0.3 is 83.9 Å². The van der Waals surface area contributed by atoms with Gasteiger partial charge in [-0.3, -0.25) is 18.2 Å². The summed E-state index contributed by atoms with van der Waals surface area (Å²) in [5, 5.41) is 96.5. The van der Waals surface area contributed by atoms with Crippen molar-refractivity contribution in [1.82, 2.24) is 0 Å². The number of methoxy groups -OCH3 is 1. The fraction of sp³-hybridized carbons (Fsp3) is 1.00. The topological polar surface area (TPSA) is 510 Å². The summed E-state index contributed by atoms with van der Waals surface area (Å²) >= 11 is 0. The number of rotatable bonds is 19. The number of hydrogen-bond acceptors (Lipinski definition) is 29. The van der Waals surface area contributed by atoms with Gasteiger partial charge >= 0.3 is 41.6 Å². The second-order valence-electron chi connectivity index (χ2n) is 13.5. The highest BCUT2D eigenvalue weighted by molar-refractivity contribution is 7.81. The molecule has 20 atom stereocenters. The predicted octanol–water partition coefficient (Wildman–Crippen LogP) is -9.79. The van der Waals surface area contributed by atoms with Crippen LogP contribution in [0.3, 0.4) is 0 Å². The largest absolute Gasteiger partial charge is 0.397 e. The zero-order valence-electron chi connectivity index (χ0n) is 31.0. The summed E-state index contributed by atoms with van der Waals surface area (Å²) in [6, 6.07) is 0. The molecule has 13 N–H and O–H groups in total. The molecule has 20 unspecified atom stereocenters. The first-order chi connectivity index (χ1) is 28.4. The molecule has 0 aliphatic carbocycles. The van der Waals surface area contributed by atoms with Crippen molar-refractivity contribution < 1.29 is 152 Å². The van der Waals surface area contributed by atoms with Gasteiger partial charge in [-0.25, -0.2) is 16.7 Å². The van der Waals surface area contributed by atoms with Crippen molar-refractivity contribution in [3.63, 3.8) is 0 Å². The Morgan fingerprint density at radius 1 is 0.371 bits per heavy atom. The molecule has 0 aromatic heterocycles. The average molecular weight is 1000 g/mol. The third kappa shape index (κ3) is 14.4. The Kier molecular flexibility index (Phi) is 18.2. The Morgan fingerprint density at radius 3 is 0.887 bits per heavy atom. The second-order valence-corrected chi connectivity index (χ2v) is 17.8. The zero-order chi connectivity index (χ0) is 46.9. The number of hydrogen-bond donors (Lipinski definition) is 13. The smallest absolute Gasteiger partial charge is 0.387 e. The molecule has 37 heteroatoms. The van der Waals surface area contributed by atoms with Gasteiger partial charge in [-0.15, -0.1) is 0 Å². The third-order valence-electron chi connectivity index (χ3n) is 9.25. The van der Waals surface area contributed by atoms with E-state index in [0.717, 1.165) is 7.11 Å². The van der Waals surface area contributed by atoms with Crippen molar-refractivity contribution in [3.05, 3.63) is 0 Å². The molecule has 62 heavy (non-hydrogen) atoms. The van der Waals surface area contributed by atoms with Crippen LogP contribution in [0.5, 0.6) is 0 Å². The molecule has 4 saturated heterocycles. The highest BCUT2D eigenvalue weighted by atomic mass is 32.3. The summed E-state index contributed by atoms with van der Waals surface area (Å²) in [5.41, 5.74) is 0. The van der Waals surface area contributed by atoms with E-state index in [4.69, 9.17) is 47.0 Å². The van der Waals surface area contributed by atoms with Crippen molar-refractivity contribution in [3.8, 4) is 0 Å². The lowest BCUT2D eigenvalue weighted by atomic mass is 9.95. The minimum atomic E-state index is -5.39. The van der Waals surface area contributed by atoms with Gasteiger partial charge in [0.1, 0.15) is 97.7 Å². The van der Waals surface area contributed by atoms with E-state index in [1.807, 2.05) is 0 Å². The minimum Gasteiger partial charge on any atom is -0.387 e. The van der Waals surface area contributed by atoms with Gasteiger partial charge in [0.05, 0.1) is 26.4 Å². The molecule has 366 valence electrons. The average Bonchev–Trinajstić information content (AvgIpc) is 3.15. The first-order valence-electron chi connectivity index (χ1n) is 17.1. The third-order valence-corrected chi connectivity index (χ3v) is 11.0. The van der Waals surface area contributed by atoms with Gasteiger partial charge in [0.25, 0.3) is 0 Å². The molecular weight excluding hydrogens is 957 g/mol. The standard InChI is InChI=1S/C25H44O33S4/c1-47-18-6(2-48-59(35,36)37)53-23(15(31)11(18)27)57-20-8(4-50-61(41,42)43)55-25(17(33)13(20)29)58-21-9(5-51-62(44,45)46)54-24(16(32)12(21)28)56-19-7(3-49-60(38,39)40)52-22(34)14(30)10(19)26/h6-34H,2-5H2,1H3,(H,35,36,37)(H,38,39,40)(H,41,42,43)(H,44,45,46). The van der Waals surface area contributed by atoms with Gasteiger partial charge in [-0.05, 0) is 0 Å². The van der Waals surface area contributed by atoms with Crippen LogP contribution in [0.1, 0.15) is 0 Å². The second kappa shape index (κ2) is 21.2. The Morgan fingerprint density at radius 2 is 0.613 bits per heavy atom.